The minimum absolute atomic E-state index is 0.0654. The zero-order valence-corrected chi connectivity index (χ0v) is 12.2. The Morgan fingerprint density at radius 1 is 1.44 bits per heavy atom. The fourth-order valence-corrected chi connectivity index (χ4v) is 2.71. The highest BCUT2D eigenvalue weighted by Crippen LogP contribution is 2.21. The first-order valence-corrected chi connectivity index (χ1v) is 7.24. The Labute approximate surface area is 117 Å². The summed E-state index contributed by atoms with van der Waals surface area (Å²) in [6.07, 6.45) is 3.68. The lowest BCUT2D eigenvalue weighted by Gasteiger charge is -2.32. The fraction of sp³-hybridized carbons (Fsp3) is 0.500. The van der Waals surface area contributed by atoms with E-state index in [9.17, 15) is 4.79 Å². The summed E-state index contributed by atoms with van der Waals surface area (Å²) >= 11 is 3.43. The molecule has 0 aromatic heterocycles. The van der Waals surface area contributed by atoms with E-state index in [1.807, 2.05) is 24.3 Å². The molecule has 1 aromatic carbocycles. The van der Waals surface area contributed by atoms with Gasteiger partial charge >= 0.3 is 0 Å². The second-order valence-corrected chi connectivity index (χ2v) is 5.70. The summed E-state index contributed by atoms with van der Waals surface area (Å²) in [5.74, 6) is 0.0654. The van der Waals surface area contributed by atoms with Crippen molar-refractivity contribution in [2.24, 2.45) is 0 Å². The number of rotatable bonds is 3. The van der Waals surface area contributed by atoms with Crippen LogP contribution in [0.15, 0.2) is 28.7 Å². The van der Waals surface area contributed by atoms with Crippen LogP contribution in [0.5, 0.6) is 0 Å². The van der Waals surface area contributed by atoms with Crippen molar-refractivity contribution >= 4 is 27.5 Å². The minimum atomic E-state index is 0.0654. The van der Waals surface area contributed by atoms with Gasteiger partial charge in [-0.2, -0.15) is 0 Å². The molecule has 0 saturated carbocycles. The van der Waals surface area contributed by atoms with Crippen LogP contribution in [-0.2, 0) is 4.79 Å². The molecule has 0 radical (unpaired) electrons. The Morgan fingerprint density at radius 2 is 2.22 bits per heavy atom. The lowest BCUT2D eigenvalue weighted by atomic mass is 10.0. The Kier molecular flexibility index (Phi) is 4.78. The van der Waals surface area contributed by atoms with Gasteiger partial charge in [0.25, 0.3) is 0 Å². The summed E-state index contributed by atoms with van der Waals surface area (Å²) in [7, 11) is 0. The number of benzene rings is 1. The summed E-state index contributed by atoms with van der Waals surface area (Å²) in [5, 5.41) is 2.95. The predicted octanol–water partition coefficient (Wildman–Crippen LogP) is 3.26. The van der Waals surface area contributed by atoms with E-state index in [0.717, 1.165) is 16.7 Å². The third-order valence-corrected chi connectivity index (χ3v) is 4.13. The zero-order chi connectivity index (χ0) is 13.0. The van der Waals surface area contributed by atoms with Gasteiger partial charge in [-0.05, 0) is 54.4 Å². The Bertz CT molecular complexity index is 422. The van der Waals surface area contributed by atoms with Crippen molar-refractivity contribution in [1.29, 1.82) is 0 Å². The number of amides is 1. The van der Waals surface area contributed by atoms with Crippen LogP contribution in [0.25, 0.3) is 0 Å². The topological polar surface area (TPSA) is 32.3 Å². The molecule has 98 valence electrons. The molecule has 18 heavy (non-hydrogen) atoms. The van der Waals surface area contributed by atoms with Crippen LogP contribution in [0.1, 0.15) is 26.2 Å². The van der Waals surface area contributed by atoms with Gasteiger partial charge in [0, 0.05) is 10.5 Å². The summed E-state index contributed by atoms with van der Waals surface area (Å²) < 4.78 is 0.921. The molecule has 1 atom stereocenters. The number of hydrogen-bond donors (Lipinski definition) is 1. The average molecular weight is 311 g/mol. The second kappa shape index (κ2) is 6.34. The first kappa shape index (κ1) is 13.6. The summed E-state index contributed by atoms with van der Waals surface area (Å²) in [6.45, 7) is 3.72. The van der Waals surface area contributed by atoms with Crippen molar-refractivity contribution < 1.29 is 4.79 Å². The normalized spacial score (nSPS) is 20.7. The van der Waals surface area contributed by atoms with Gasteiger partial charge in [-0.1, -0.05) is 18.6 Å². The van der Waals surface area contributed by atoms with Crippen LogP contribution in [0, 0.1) is 0 Å². The van der Waals surface area contributed by atoms with Crippen molar-refractivity contribution in [2.75, 3.05) is 18.4 Å². The average Bonchev–Trinajstić information content (AvgIpc) is 2.35. The zero-order valence-electron chi connectivity index (χ0n) is 10.7. The molecule has 0 bridgehead atoms. The molecule has 1 aliphatic rings. The third-order valence-electron chi connectivity index (χ3n) is 3.44. The minimum Gasteiger partial charge on any atom is -0.324 e. The third kappa shape index (κ3) is 3.56. The maximum Gasteiger partial charge on any atom is 0.238 e. The predicted molar refractivity (Wildman–Crippen MR) is 77.7 cm³/mol. The van der Waals surface area contributed by atoms with Crippen molar-refractivity contribution in [2.45, 2.75) is 32.2 Å². The number of nitrogens with zero attached hydrogens (tertiary/aromatic N) is 1. The molecule has 0 spiro atoms. The molecule has 2 rings (SSSR count). The number of hydrogen-bond acceptors (Lipinski definition) is 2. The molecule has 1 unspecified atom stereocenters. The van der Waals surface area contributed by atoms with Crippen molar-refractivity contribution in [3.63, 3.8) is 0 Å². The van der Waals surface area contributed by atoms with E-state index in [-0.39, 0.29) is 5.91 Å². The SMILES string of the molecule is CC1CCCCN1CC(=O)Nc1ccccc1Br. The molecule has 4 heteroatoms. The van der Waals surface area contributed by atoms with Crippen LogP contribution in [-0.4, -0.2) is 29.9 Å². The molecule has 1 fully saturated rings. The van der Waals surface area contributed by atoms with Gasteiger partial charge in [0.2, 0.25) is 5.91 Å². The van der Waals surface area contributed by atoms with Gasteiger partial charge < -0.3 is 5.32 Å². The smallest absolute Gasteiger partial charge is 0.238 e. The van der Waals surface area contributed by atoms with Gasteiger partial charge in [0.15, 0.2) is 0 Å². The van der Waals surface area contributed by atoms with E-state index in [0.29, 0.717) is 12.6 Å². The Balaban J connectivity index is 1.90. The largest absolute Gasteiger partial charge is 0.324 e. The van der Waals surface area contributed by atoms with Crippen molar-refractivity contribution in [3.8, 4) is 0 Å². The van der Waals surface area contributed by atoms with E-state index < -0.39 is 0 Å². The monoisotopic (exact) mass is 310 g/mol. The fourth-order valence-electron chi connectivity index (χ4n) is 2.33. The van der Waals surface area contributed by atoms with E-state index in [2.05, 4.69) is 33.1 Å². The van der Waals surface area contributed by atoms with E-state index in [1.165, 1.54) is 19.3 Å². The van der Waals surface area contributed by atoms with Crippen molar-refractivity contribution in [3.05, 3.63) is 28.7 Å². The molecule has 1 amide bonds. The highest BCUT2D eigenvalue weighted by Gasteiger charge is 2.20. The Morgan fingerprint density at radius 3 is 2.94 bits per heavy atom. The first-order valence-electron chi connectivity index (χ1n) is 6.45. The van der Waals surface area contributed by atoms with E-state index >= 15 is 0 Å². The maximum absolute atomic E-state index is 12.0. The lowest BCUT2D eigenvalue weighted by molar-refractivity contribution is -0.118. The number of likely N-dealkylation sites (tertiary alicyclic amines) is 1. The molecular weight excluding hydrogens is 292 g/mol. The van der Waals surface area contributed by atoms with Gasteiger partial charge in [-0.3, -0.25) is 9.69 Å². The molecule has 3 nitrogen and oxygen atoms in total. The molecular formula is C14H19BrN2O. The van der Waals surface area contributed by atoms with Gasteiger partial charge in [-0.25, -0.2) is 0 Å². The first-order chi connectivity index (χ1) is 8.66. The van der Waals surface area contributed by atoms with Crippen LogP contribution in [0.4, 0.5) is 5.69 Å². The highest BCUT2D eigenvalue weighted by atomic mass is 79.9. The molecule has 0 aliphatic carbocycles. The number of carbonyl (C=O) groups is 1. The standard InChI is InChI=1S/C14H19BrN2O/c1-11-6-4-5-9-17(11)10-14(18)16-13-8-3-2-7-12(13)15/h2-3,7-8,11H,4-6,9-10H2,1H3,(H,16,18). The number of piperidine rings is 1. The van der Waals surface area contributed by atoms with Gasteiger partial charge in [0.1, 0.15) is 0 Å². The number of para-hydroxylation sites is 1. The number of carbonyl (C=O) groups excluding carboxylic acids is 1. The van der Waals surface area contributed by atoms with E-state index in [4.69, 9.17) is 0 Å². The van der Waals surface area contributed by atoms with Gasteiger partial charge in [-0.15, -0.1) is 0 Å². The lowest BCUT2D eigenvalue weighted by Crippen LogP contribution is -2.42. The van der Waals surface area contributed by atoms with E-state index in [1.54, 1.807) is 0 Å². The molecule has 1 heterocycles. The quantitative estimate of drug-likeness (QED) is 0.929. The molecule has 1 aromatic rings. The summed E-state index contributed by atoms with van der Waals surface area (Å²) in [6, 6.07) is 8.21. The number of nitrogens with one attached hydrogen (secondary N) is 1. The maximum atomic E-state index is 12.0. The second-order valence-electron chi connectivity index (χ2n) is 4.84. The summed E-state index contributed by atoms with van der Waals surface area (Å²) in [4.78, 5) is 14.3. The molecule has 1 N–H and O–H groups in total. The number of anilines is 1. The highest BCUT2D eigenvalue weighted by molar-refractivity contribution is 9.10. The van der Waals surface area contributed by atoms with Crippen LogP contribution in [0.3, 0.4) is 0 Å². The van der Waals surface area contributed by atoms with Crippen LogP contribution in [0.2, 0.25) is 0 Å². The van der Waals surface area contributed by atoms with Gasteiger partial charge in [0.05, 0.1) is 12.2 Å². The summed E-state index contributed by atoms with van der Waals surface area (Å²) in [5.41, 5.74) is 0.840. The van der Waals surface area contributed by atoms with Crippen molar-refractivity contribution in [1.82, 2.24) is 4.90 Å². The molecule has 1 saturated heterocycles. The van der Waals surface area contributed by atoms with Crippen LogP contribution >= 0.6 is 15.9 Å². The number of halogens is 1. The molecule has 1 aliphatic heterocycles. The van der Waals surface area contributed by atoms with Crippen LogP contribution < -0.4 is 5.32 Å². The Hall–Kier alpha value is -0.870.